The van der Waals surface area contributed by atoms with Crippen molar-refractivity contribution < 1.29 is 29.2 Å². The lowest BCUT2D eigenvalue weighted by atomic mass is 10.00. The fourth-order valence-electron chi connectivity index (χ4n) is 1.54. The van der Waals surface area contributed by atoms with E-state index in [1.807, 2.05) is 0 Å². The zero-order valence-electron chi connectivity index (χ0n) is 9.68. The van der Waals surface area contributed by atoms with E-state index in [1.54, 1.807) is 0 Å². The maximum atomic E-state index is 13.9. The molecule has 1 rings (SSSR count). The van der Waals surface area contributed by atoms with Gasteiger partial charge in [0.2, 0.25) is 0 Å². The summed E-state index contributed by atoms with van der Waals surface area (Å²) < 4.78 is 18.5. The molecule has 18 heavy (non-hydrogen) atoms. The molecule has 1 aromatic carbocycles. The van der Waals surface area contributed by atoms with Crippen LogP contribution in [0.3, 0.4) is 0 Å². The first-order valence-electron chi connectivity index (χ1n) is 5.14. The maximum absolute atomic E-state index is 13.9. The molecule has 1 unspecified atom stereocenters. The topological polar surface area (TPSA) is 113 Å². The molecule has 0 amide bonds. The number of hydrogen-bond donors (Lipinski definition) is 4. The smallest absolute Gasteiger partial charge is 0.303 e. The average Bonchev–Trinajstić information content (AvgIpc) is 2.31. The van der Waals surface area contributed by atoms with Gasteiger partial charge in [0.25, 0.3) is 0 Å². The molecule has 0 saturated heterocycles. The van der Waals surface area contributed by atoms with Crippen LogP contribution in [0.2, 0.25) is 0 Å². The molecule has 1 atom stereocenters. The van der Waals surface area contributed by atoms with Crippen LogP contribution in [0.25, 0.3) is 0 Å². The third kappa shape index (κ3) is 2.80. The van der Waals surface area contributed by atoms with Gasteiger partial charge in [-0.2, -0.15) is 0 Å². The number of methoxy groups -OCH3 is 1. The van der Waals surface area contributed by atoms with Crippen molar-refractivity contribution in [2.75, 3.05) is 7.11 Å². The number of halogens is 1. The standard InChI is InChI=1S/C11H14FNO5/c1-18-7-4-6(14)11(17)9(10(7)12)5(13)2-3-8(15)16/h4-5,14,17H,2-3,13H2,1H3,(H,15,16). The summed E-state index contributed by atoms with van der Waals surface area (Å²) in [5.74, 6) is -3.55. The molecule has 100 valence electrons. The Bertz CT molecular complexity index is 463. The van der Waals surface area contributed by atoms with Gasteiger partial charge in [-0.3, -0.25) is 4.79 Å². The minimum absolute atomic E-state index is 0.0770. The second-order valence-corrected chi connectivity index (χ2v) is 3.71. The summed E-state index contributed by atoms with van der Waals surface area (Å²) in [7, 11) is 1.20. The Morgan fingerprint density at radius 3 is 2.67 bits per heavy atom. The highest BCUT2D eigenvalue weighted by molar-refractivity contribution is 5.66. The lowest BCUT2D eigenvalue weighted by Crippen LogP contribution is -2.14. The van der Waals surface area contributed by atoms with Crippen molar-refractivity contribution in [3.63, 3.8) is 0 Å². The molecule has 0 fully saturated rings. The number of carbonyl (C=O) groups is 1. The quantitative estimate of drug-likeness (QED) is 0.589. The number of phenolic OH excluding ortho intramolecular Hbond substituents is 2. The third-order valence-corrected chi connectivity index (χ3v) is 2.48. The second-order valence-electron chi connectivity index (χ2n) is 3.71. The van der Waals surface area contributed by atoms with E-state index in [0.29, 0.717) is 0 Å². The van der Waals surface area contributed by atoms with Gasteiger partial charge < -0.3 is 25.8 Å². The van der Waals surface area contributed by atoms with Crippen molar-refractivity contribution in [3.8, 4) is 17.2 Å². The highest BCUT2D eigenvalue weighted by atomic mass is 19.1. The zero-order chi connectivity index (χ0) is 13.9. The number of nitrogens with two attached hydrogens (primary N) is 1. The molecule has 0 aliphatic rings. The summed E-state index contributed by atoms with van der Waals surface area (Å²) in [5, 5.41) is 27.5. The lowest BCUT2D eigenvalue weighted by molar-refractivity contribution is -0.137. The fraction of sp³-hybridized carbons (Fsp3) is 0.364. The fourth-order valence-corrected chi connectivity index (χ4v) is 1.54. The number of carboxylic acids is 1. The Morgan fingerprint density at radius 2 is 2.17 bits per heavy atom. The molecular formula is C11H14FNO5. The molecule has 0 radical (unpaired) electrons. The molecule has 6 nitrogen and oxygen atoms in total. The van der Waals surface area contributed by atoms with Crippen LogP contribution in [-0.2, 0) is 4.79 Å². The molecule has 0 aliphatic heterocycles. The molecule has 0 saturated carbocycles. The normalized spacial score (nSPS) is 12.2. The first kappa shape index (κ1) is 14.0. The predicted molar refractivity (Wildman–Crippen MR) is 60.1 cm³/mol. The lowest BCUT2D eigenvalue weighted by Gasteiger charge is -2.16. The zero-order valence-corrected chi connectivity index (χ0v) is 9.68. The van der Waals surface area contributed by atoms with Crippen LogP contribution in [-0.4, -0.2) is 28.4 Å². The molecule has 0 aliphatic carbocycles. The van der Waals surface area contributed by atoms with Gasteiger partial charge in [0, 0.05) is 18.5 Å². The monoisotopic (exact) mass is 259 g/mol. The van der Waals surface area contributed by atoms with Crippen LogP contribution in [0.5, 0.6) is 17.2 Å². The molecule has 1 aromatic rings. The van der Waals surface area contributed by atoms with E-state index < -0.39 is 29.3 Å². The van der Waals surface area contributed by atoms with Crippen molar-refractivity contribution in [2.45, 2.75) is 18.9 Å². The highest BCUT2D eigenvalue weighted by Gasteiger charge is 2.23. The van der Waals surface area contributed by atoms with Gasteiger partial charge in [0.1, 0.15) is 0 Å². The van der Waals surface area contributed by atoms with Crippen LogP contribution < -0.4 is 10.5 Å². The summed E-state index contributed by atoms with van der Waals surface area (Å²) in [6.07, 6.45) is -0.357. The largest absolute Gasteiger partial charge is 0.504 e. The molecule has 5 N–H and O–H groups in total. The molecule has 7 heteroatoms. The van der Waals surface area contributed by atoms with Gasteiger partial charge in [-0.15, -0.1) is 0 Å². The highest BCUT2D eigenvalue weighted by Crippen LogP contribution is 2.40. The Kier molecular flexibility index (Phi) is 4.33. The van der Waals surface area contributed by atoms with E-state index in [-0.39, 0.29) is 24.2 Å². The van der Waals surface area contributed by atoms with Gasteiger partial charge in [-0.05, 0) is 6.42 Å². The number of benzene rings is 1. The van der Waals surface area contributed by atoms with Crippen molar-refractivity contribution >= 4 is 5.97 Å². The van der Waals surface area contributed by atoms with Gasteiger partial charge in [-0.1, -0.05) is 0 Å². The van der Waals surface area contributed by atoms with E-state index in [4.69, 9.17) is 10.8 Å². The van der Waals surface area contributed by atoms with E-state index >= 15 is 0 Å². The van der Waals surface area contributed by atoms with Crippen LogP contribution >= 0.6 is 0 Å². The maximum Gasteiger partial charge on any atom is 0.303 e. The Labute approximate surface area is 102 Å². The van der Waals surface area contributed by atoms with Crippen molar-refractivity contribution in [2.24, 2.45) is 5.73 Å². The number of rotatable bonds is 5. The summed E-state index contributed by atoms with van der Waals surface area (Å²) in [6.45, 7) is 0. The van der Waals surface area contributed by atoms with Gasteiger partial charge in [0.05, 0.1) is 12.7 Å². The van der Waals surface area contributed by atoms with Crippen molar-refractivity contribution in [1.29, 1.82) is 0 Å². The van der Waals surface area contributed by atoms with Crippen LogP contribution in [0.4, 0.5) is 4.39 Å². The molecular weight excluding hydrogens is 245 g/mol. The van der Waals surface area contributed by atoms with E-state index in [1.165, 1.54) is 7.11 Å². The number of ether oxygens (including phenoxy) is 1. The van der Waals surface area contributed by atoms with Gasteiger partial charge >= 0.3 is 5.97 Å². The number of phenols is 2. The number of carboxylic acid groups (broad SMARTS) is 1. The average molecular weight is 259 g/mol. The van der Waals surface area contributed by atoms with E-state index in [0.717, 1.165) is 6.07 Å². The Morgan fingerprint density at radius 1 is 1.56 bits per heavy atom. The minimum atomic E-state index is -1.09. The predicted octanol–water partition coefficient (Wildman–Crippen LogP) is 1.11. The molecule has 0 bridgehead atoms. The van der Waals surface area contributed by atoms with E-state index in [9.17, 15) is 19.4 Å². The van der Waals surface area contributed by atoms with Crippen LogP contribution in [0.1, 0.15) is 24.4 Å². The molecule has 0 aromatic heterocycles. The van der Waals surface area contributed by atoms with Crippen LogP contribution in [0.15, 0.2) is 6.07 Å². The summed E-state index contributed by atoms with van der Waals surface area (Å²) in [4.78, 5) is 10.4. The van der Waals surface area contributed by atoms with Gasteiger partial charge in [0.15, 0.2) is 23.1 Å². The summed E-state index contributed by atoms with van der Waals surface area (Å²) >= 11 is 0. The molecule has 0 heterocycles. The molecule has 0 spiro atoms. The first-order chi connectivity index (χ1) is 8.38. The Balaban J connectivity index is 3.13. The van der Waals surface area contributed by atoms with Crippen molar-refractivity contribution in [3.05, 3.63) is 17.4 Å². The second kappa shape index (κ2) is 5.54. The van der Waals surface area contributed by atoms with Crippen LogP contribution in [0, 0.1) is 5.82 Å². The first-order valence-corrected chi connectivity index (χ1v) is 5.14. The summed E-state index contributed by atoms with van der Waals surface area (Å²) in [5.41, 5.74) is 5.25. The van der Waals surface area contributed by atoms with E-state index in [2.05, 4.69) is 4.74 Å². The summed E-state index contributed by atoms with van der Waals surface area (Å²) in [6, 6.07) is -0.139. The minimum Gasteiger partial charge on any atom is -0.504 e. The van der Waals surface area contributed by atoms with Gasteiger partial charge in [-0.25, -0.2) is 4.39 Å². The third-order valence-electron chi connectivity index (χ3n) is 2.48. The SMILES string of the molecule is COc1cc(O)c(O)c(C(N)CCC(=O)O)c1F. The Hall–Kier alpha value is -2.02. The number of aliphatic carboxylic acids is 1. The number of aromatic hydroxyl groups is 2. The number of hydrogen-bond acceptors (Lipinski definition) is 5. The van der Waals surface area contributed by atoms with Crippen molar-refractivity contribution in [1.82, 2.24) is 0 Å².